The number of ether oxygens (including phenoxy) is 1. The average Bonchev–Trinajstić information content (AvgIpc) is 2.63. The van der Waals surface area contributed by atoms with Crippen molar-refractivity contribution in [2.45, 2.75) is 44.8 Å². The van der Waals surface area contributed by atoms with Crippen molar-refractivity contribution >= 4 is 5.91 Å². The third kappa shape index (κ3) is 4.10. The van der Waals surface area contributed by atoms with Gasteiger partial charge in [0.1, 0.15) is 5.82 Å². The van der Waals surface area contributed by atoms with E-state index in [0.717, 1.165) is 11.1 Å². The van der Waals surface area contributed by atoms with Crippen molar-refractivity contribution in [2.75, 3.05) is 13.2 Å². The van der Waals surface area contributed by atoms with Crippen molar-refractivity contribution in [1.29, 1.82) is 0 Å². The molecule has 1 amide bonds. The van der Waals surface area contributed by atoms with Crippen LogP contribution in [0.4, 0.5) is 4.39 Å². The fraction of sp³-hybridized carbons (Fsp3) is 0.429. The third-order valence-corrected chi connectivity index (χ3v) is 4.89. The molecule has 2 aromatic rings. The maximum Gasteiger partial charge on any atom is 0.231 e. The van der Waals surface area contributed by atoms with Gasteiger partial charge in [-0.2, -0.15) is 0 Å². The van der Waals surface area contributed by atoms with Gasteiger partial charge in [-0.25, -0.2) is 4.39 Å². The molecule has 2 heterocycles. The standard InChI is InChI=1S/C21H25FN2O2/c1-15-13-24(21(2,3)14-26-15)20(25)19(11-16-5-4-10-23-12-16)17-6-8-18(22)9-7-17/h4-10,12,15,19H,11,13-14H2,1-3H3. The number of carbonyl (C=O) groups excluding carboxylic acids is 1. The number of amides is 1. The van der Waals surface area contributed by atoms with Crippen LogP contribution in [0.1, 0.15) is 37.8 Å². The molecule has 0 radical (unpaired) electrons. The van der Waals surface area contributed by atoms with Gasteiger partial charge in [-0.1, -0.05) is 18.2 Å². The monoisotopic (exact) mass is 356 g/mol. The van der Waals surface area contributed by atoms with Crippen LogP contribution in [0, 0.1) is 5.82 Å². The fourth-order valence-electron chi connectivity index (χ4n) is 3.35. The van der Waals surface area contributed by atoms with Gasteiger partial charge in [0.25, 0.3) is 0 Å². The van der Waals surface area contributed by atoms with Gasteiger partial charge in [-0.3, -0.25) is 9.78 Å². The Kier molecular flexibility index (Phi) is 5.37. The lowest BCUT2D eigenvalue weighted by molar-refractivity contribution is -0.154. The van der Waals surface area contributed by atoms with Crippen LogP contribution >= 0.6 is 0 Å². The van der Waals surface area contributed by atoms with Crippen LogP contribution in [0.5, 0.6) is 0 Å². The van der Waals surface area contributed by atoms with E-state index in [9.17, 15) is 9.18 Å². The molecule has 1 aromatic carbocycles. The summed E-state index contributed by atoms with van der Waals surface area (Å²) in [6.07, 6.45) is 4.02. The number of pyridine rings is 1. The highest BCUT2D eigenvalue weighted by Gasteiger charge is 2.39. The molecule has 5 heteroatoms. The van der Waals surface area contributed by atoms with Gasteiger partial charge in [-0.15, -0.1) is 0 Å². The second-order valence-electron chi connectivity index (χ2n) is 7.55. The lowest BCUT2D eigenvalue weighted by Gasteiger charge is -2.46. The Morgan fingerprint density at radius 1 is 1.35 bits per heavy atom. The quantitative estimate of drug-likeness (QED) is 0.841. The SMILES string of the molecule is CC1CN(C(=O)C(Cc2cccnc2)c2ccc(F)cc2)C(C)(C)CO1. The van der Waals surface area contributed by atoms with Crippen molar-refractivity contribution in [3.05, 3.63) is 65.7 Å². The molecule has 1 saturated heterocycles. The number of carbonyl (C=O) groups is 1. The normalized spacial score (nSPS) is 20.6. The minimum absolute atomic E-state index is 0.000709. The average molecular weight is 356 g/mol. The Hall–Kier alpha value is -2.27. The Bertz CT molecular complexity index is 746. The van der Waals surface area contributed by atoms with Crippen LogP contribution < -0.4 is 0 Å². The van der Waals surface area contributed by atoms with Gasteiger partial charge in [0.05, 0.1) is 24.2 Å². The van der Waals surface area contributed by atoms with Crippen molar-refractivity contribution in [3.63, 3.8) is 0 Å². The molecule has 0 aliphatic carbocycles. The Morgan fingerprint density at radius 2 is 2.08 bits per heavy atom. The number of hydrogen-bond acceptors (Lipinski definition) is 3. The van der Waals surface area contributed by atoms with Crippen LogP contribution in [0.25, 0.3) is 0 Å². The van der Waals surface area contributed by atoms with Crippen LogP contribution in [0.3, 0.4) is 0 Å². The second kappa shape index (κ2) is 7.54. The van der Waals surface area contributed by atoms with E-state index in [-0.39, 0.29) is 29.3 Å². The van der Waals surface area contributed by atoms with Gasteiger partial charge in [0.2, 0.25) is 5.91 Å². The van der Waals surface area contributed by atoms with Gasteiger partial charge in [0, 0.05) is 18.9 Å². The maximum absolute atomic E-state index is 13.5. The van der Waals surface area contributed by atoms with Crippen LogP contribution in [-0.2, 0) is 16.0 Å². The van der Waals surface area contributed by atoms with E-state index in [2.05, 4.69) is 4.98 Å². The molecule has 1 aliphatic rings. The van der Waals surface area contributed by atoms with Crippen LogP contribution in [-0.4, -0.2) is 40.6 Å². The van der Waals surface area contributed by atoms with E-state index in [1.54, 1.807) is 24.5 Å². The molecule has 138 valence electrons. The highest BCUT2D eigenvalue weighted by molar-refractivity contribution is 5.85. The van der Waals surface area contributed by atoms with E-state index < -0.39 is 0 Å². The fourth-order valence-corrected chi connectivity index (χ4v) is 3.35. The van der Waals surface area contributed by atoms with Gasteiger partial charge < -0.3 is 9.64 Å². The number of morpholine rings is 1. The predicted molar refractivity (Wildman–Crippen MR) is 98.3 cm³/mol. The molecular formula is C21H25FN2O2. The number of rotatable bonds is 4. The van der Waals surface area contributed by atoms with Crippen LogP contribution in [0.15, 0.2) is 48.8 Å². The summed E-state index contributed by atoms with van der Waals surface area (Å²) in [5.74, 6) is -0.647. The largest absolute Gasteiger partial charge is 0.374 e. The predicted octanol–water partition coefficient (Wildman–Crippen LogP) is 3.57. The van der Waals surface area contributed by atoms with Gasteiger partial charge in [0.15, 0.2) is 0 Å². The first-order valence-corrected chi connectivity index (χ1v) is 8.94. The molecule has 1 aromatic heterocycles. The van der Waals surface area contributed by atoms with Crippen molar-refractivity contribution in [1.82, 2.24) is 9.88 Å². The highest BCUT2D eigenvalue weighted by atomic mass is 19.1. The van der Waals surface area contributed by atoms with Crippen LogP contribution in [0.2, 0.25) is 0 Å². The first-order chi connectivity index (χ1) is 12.4. The molecule has 2 atom stereocenters. The zero-order chi connectivity index (χ0) is 18.7. The summed E-state index contributed by atoms with van der Waals surface area (Å²) >= 11 is 0. The smallest absolute Gasteiger partial charge is 0.231 e. The zero-order valence-electron chi connectivity index (χ0n) is 15.5. The lowest BCUT2D eigenvalue weighted by atomic mass is 9.88. The summed E-state index contributed by atoms with van der Waals surface area (Å²) in [5.41, 5.74) is 1.42. The molecule has 0 bridgehead atoms. The lowest BCUT2D eigenvalue weighted by Crippen LogP contribution is -2.59. The summed E-state index contributed by atoms with van der Waals surface area (Å²) in [6, 6.07) is 10.0. The second-order valence-corrected chi connectivity index (χ2v) is 7.55. The first-order valence-electron chi connectivity index (χ1n) is 8.94. The molecular weight excluding hydrogens is 331 g/mol. The van der Waals surface area contributed by atoms with Crippen molar-refractivity contribution in [3.8, 4) is 0 Å². The summed E-state index contributed by atoms with van der Waals surface area (Å²) < 4.78 is 19.1. The molecule has 2 unspecified atom stereocenters. The highest BCUT2D eigenvalue weighted by Crippen LogP contribution is 2.30. The van der Waals surface area contributed by atoms with Crippen molar-refractivity contribution in [2.24, 2.45) is 0 Å². The minimum atomic E-state index is -0.385. The molecule has 0 spiro atoms. The van der Waals surface area contributed by atoms with E-state index in [1.165, 1.54) is 12.1 Å². The molecule has 3 rings (SSSR count). The maximum atomic E-state index is 13.5. The van der Waals surface area contributed by atoms with Gasteiger partial charge >= 0.3 is 0 Å². The number of hydrogen-bond donors (Lipinski definition) is 0. The topological polar surface area (TPSA) is 42.4 Å². The molecule has 0 N–H and O–H groups in total. The number of aromatic nitrogens is 1. The van der Waals surface area contributed by atoms with E-state index in [4.69, 9.17) is 4.74 Å². The Morgan fingerprint density at radius 3 is 2.73 bits per heavy atom. The molecule has 26 heavy (non-hydrogen) atoms. The number of nitrogens with zero attached hydrogens (tertiary/aromatic N) is 2. The molecule has 0 saturated carbocycles. The molecule has 1 aliphatic heterocycles. The molecule has 1 fully saturated rings. The zero-order valence-corrected chi connectivity index (χ0v) is 15.5. The van der Waals surface area contributed by atoms with Crippen molar-refractivity contribution < 1.29 is 13.9 Å². The third-order valence-electron chi connectivity index (χ3n) is 4.89. The first kappa shape index (κ1) is 18.5. The van der Waals surface area contributed by atoms with Gasteiger partial charge in [-0.05, 0) is 56.5 Å². The Balaban J connectivity index is 1.93. The molecule has 4 nitrogen and oxygen atoms in total. The number of benzene rings is 1. The minimum Gasteiger partial charge on any atom is -0.374 e. The summed E-state index contributed by atoms with van der Waals surface area (Å²) in [5, 5.41) is 0. The summed E-state index contributed by atoms with van der Waals surface area (Å²) in [7, 11) is 0. The van der Waals surface area contributed by atoms with E-state index >= 15 is 0 Å². The van der Waals surface area contributed by atoms with E-state index in [1.807, 2.05) is 37.8 Å². The van der Waals surface area contributed by atoms with E-state index in [0.29, 0.717) is 19.6 Å². The summed E-state index contributed by atoms with van der Waals surface area (Å²) in [6.45, 7) is 7.06. The summed E-state index contributed by atoms with van der Waals surface area (Å²) in [4.78, 5) is 19.6. The Labute approximate surface area is 154 Å². The number of halogens is 1.